The monoisotopic (exact) mass is 241 g/mol. The molecule has 2 aromatic rings. The van der Waals surface area contributed by atoms with Gasteiger partial charge in [0.25, 0.3) is 0 Å². The molecule has 1 N–H and O–H groups in total. The third-order valence-electron chi connectivity index (χ3n) is 1.85. The molecule has 2 aromatic heterocycles. The first kappa shape index (κ1) is 10.4. The topological polar surface area (TPSA) is 47.0 Å². The lowest BCUT2D eigenvalue weighted by Gasteiger charge is -2.02. The Bertz CT molecular complexity index is 438. The molecule has 0 aromatic carbocycles. The van der Waals surface area contributed by atoms with Crippen molar-refractivity contribution in [3.8, 4) is 5.75 Å². The van der Waals surface area contributed by atoms with E-state index in [9.17, 15) is 0 Å². The minimum absolute atomic E-state index is 0.732. The first-order valence-corrected chi connectivity index (χ1v) is 6.13. The minimum atomic E-state index is 0.732. The van der Waals surface area contributed by atoms with Crippen molar-refractivity contribution in [3.05, 3.63) is 21.3 Å². The number of rotatable bonds is 4. The van der Waals surface area contributed by atoms with E-state index in [1.54, 1.807) is 29.8 Å². The molecule has 0 amide bonds. The number of nitrogens with one attached hydrogen (secondary N) is 1. The predicted octanol–water partition coefficient (Wildman–Crippen LogP) is 2.53. The van der Waals surface area contributed by atoms with Gasteiger partial charge in [0.1, 0.15) is 10.8 Å². The van der Waals surface area contributed by atoms with Gasteiger partial charge in [0.15, 0.2) is 0 Å². The smallest absolute Gasteiger partial charge is 0.205 e. The molecule has 15 heavy (non-hydrogen) atoms. The highest BCUT2D eigenvalue weighted by molar-refractivity contribution is 7.15. The van der Waals surface area contributed by atoms with Crippen molar-refractivity contribution in [2.24, 2.45) is 0 Å². The highest BCUT2D eigenvalue weighted by Crippen LogP contribution is 2.25. The van der Waals surface area contributed by atoms with E-state index in [2.05, 4.69) is 15.5 Å². The van der Waals surface area contributed by atoms with E-state index in [1.807, 2.05) is 18.4 Å². The Hall–Kier alpha value is -1.14. The van der Waals surface area contributed by atoms with Crippen molar-refractivity contribution < 1.29 is 4.74 Å². The average Bonchev–Trinajstić information content (AvgIpc) is 2.83. The van der Waals surface area contributed by atoms with Gasteiger partial charge in [-0.15, -0.1) is 21.5 Å². The average molecular weight is 241 g/mol. The fourth-order valence-corrected chi connectivity index (χ4v) is 2.53. The van der Waals surface area contributed by atoms with Crippen LogP contribution in [0.15, 0.2) is 11.4 Å². The lowest BCUT2D eigenvalue weighted by molar-refractivity contribution is 0.413. The molecule has 0 aliphatic rings. The van der Waals surface area contributed by atoms with Crippen LogP contribution in [0.3, 0.4) is 0 Å². The van der Waals surface area contributed by atoms with Crippen molar-refractivity contribution in [1.29, 1.82) is 0 Å². The summed E-state index contributed by atoms with van der Waals surface area (Å²) < 4.78 is 5.22. The normalized spacial score (nSPS) is 10.3. The zero-order chi connectivity index (χ0) is 10.7. The molecule has 80 valence electrons. The summed E-state index contributed by atoms with van der Waals surface area (Å²) in [6.45, 7) is 2.67. The third-order valence-corrected chi connectivity index (χ3v) is 3.55. The molecule has 0 saturated heterocycles. The van der Waals surface area contributed by atoms with Gasteiger partial charge in [0.05, 0.1) is 18.5 Å². The highest BCUT2D eigenvalue weighted by atomic mass is 32.1. The van der Waals surface area contributed by atoms with E-state index in [-0.39, 0.29) is 0 Å². The number of hydrogen-bond donors (Lipinski definition) is 1. The molecule has 6 heteroatoms. The Morgan fingerprint density at radius 1 is 1.47 bits per heavy atom. The second kappa shape index (κ2) is 4.59. The summed E-state index contributed by atoms with van der Waals surface area (Å²) in [7, 11) is 1.68. The Labute approximate surface area is 95.9 Å². The quantitative estimate of drug-likeness (QED) is 0.893. The Morgan fingerprint density at radius 2 is 2.33 bits per heavy atom. The summed E-state index contributed by atoms with van der Waals surface area (Å²) in [5, 5.41) is 15.0. The highest BCUT2D eigenvalue weighted by Gasteiger charge is 2.05. The van der Waals surface area contributed by atoms with Crippen LogP contribution in [0, 0.1) is 6.92 Å². The molecule has 0 aliphatic heterocycles. The minimum Gasteiger partial charge on any atom is -0.496 e. The van der Waals surface area contributed by atoms with E-state index in [0.29, 0.717) is 0 Å². The van der Waals surface area contributed by atoms with Gasteiger partial charge in [0, 0.05) is 0 Å². The molecule has 0 aliphatic carbocycles. The van der Waals surface area contributed by atoms with Crippen LogP contribution in [0.1, 0.15) is 9.88 Å². The van der Waals surface area contributed by atoms with Crippen molar-refractivity contribution in [2.75, 3.05) is 12.4 Å². The van der Waals surface area contributed by atoms with E-state index in [1.165, 1.54) is 4.88 Å². The number of anilines is 1. The molecule has 0 spiro atoms. The predicted molar refractivity (Wildman–Crippen MR) is 62.8 cm³/mol. The second-order valence-corrected chi connectivity index (χ2v) is 5.07. The standard InChI is InChI=1S/C9H11N3OS2/c1-6-11-12-9(15-6)10-5-8-7(13-2)3-4-14-8/h3-4H,5H2,1-2H3,(H,10,12). The number of methoxy groups -OCH3 is 1. The Balaban J connectivity index is 1.98. The van der Waals surface area contributed by atoms with Gasteiger partial charge in [0.2, 0.25) is 5.13 Å². The van der Waals surface area contributed by atoms with E-state index >= 15 is 0 Å². The summed E-state index contributed by atoms with van der Waals surface area (Å²) in [6.07, 6.45) is 0. The zero-order valence-electron chi connectivity index (χ0n) is 8.48. The van der Waals surface area contributed by atoms with Crippen molar-refractivity contribution >= 4 is 27.8 Å². The number of nitrogens with zero attached hydrogens (tertiary/aromatic N) is 2. The molecule has 0 bridgehead atoms. The van der Waals surface area contributed by atoms with Crippen molar-refractivity contribution in [1.82, 2.24) is 10.2 Å². The molecule has 0 radical (unpaired) electrons. The third kappa shape index (κ3) is 2.45. The van der Waals surface area contributed by atoms with Gasteiger partial charge in [-0.25, -0.2) is 0 Å². The van der Waals surface area contributed by atoms with Crippen LogP contribution in [0.25, 0.3) is 0 Å². The Morgan fingerprint density at radius 3 is 3.00 bits per heavy atom. The van der Waals surface area contributed by atoms with Crippen LogP contribution in [0.2, 0.25) is 0 Å². The molecule has 0 saturated carbocycles. The lowest BCUT2D eigenvalue weighted by atomic mass is 10.4. The first-order chi connectivity index (χ1) is 7.29. The van der Waals surface area contributed by atoms with Gasteiger partial charge < -0.3 is 10.1 Å². The van der Waals surface area contributed by atoms with Gasteiger partial charge in [-0.3, -0.25) is 0 Å². The lowest BCUT2D eigenvalue weighted by Crippen LogP contribution is -1.98. The van der Waals surface area contributed by atoms with Crippen LogP contribution in [-0.4, -0.2) is 17.3 Å². The van der Waals surface area contributed by atoms with Gasteiger partial charge in [-0.05, 0) is 18.4 Å². The number of hydrogen-bond acceptors (Lipinski definition) is 6. The number of ether oxygens (including phenoxy) is 1. The van der Waals surface area contributed by atoms with Crippen molar-refractivity contribution in [2.45, 2.75) is 13.5 Å². The first-order valence-electron chi connectivity index (χ1n) is 4.44. The number of aromatic nitrogens is 2. The second-order valence-electron chi connectivity index (χ2n) is 2.89. The number of thiophene rings is 1. The van der Waals surface area contributed by atoms with Crippen molar-refractivity contribution in [3.63, 3.8) is 0 Å². The van der Waals surface area contributed by atoms with Crippen LogP contribution in [-0.2, 0) is 6.54 Å². The molecular weight excluding hydrogens is 230 g/mol. The van der Waals surface area contributed by atoms with Crippen LogP contribution in [0.5, 0.6) is 5.75 Å². The molecule has 4 nitrogen and oxygen atoms in total. The molecule has 2 rings (SSSR count). The fourth-order valence-electron chi connectivity index (χ4n) is 1.16. The summed E-state index contributed by atoms with van der Waals surface area (Å²) >= 11 is 3.22. The van der Waals surface area contributed by atoms with Crippen LogP contribution in [0.4, 0.5) is 5.13 Å². The van der Waals surface area contributed by atoms with E-state index in [0.717, 1.165) is 22.4 Å². The van der Waals surface area contributed by atoms with E-state index in [4.69, 9.17) is 4.74 Å². The van der Waals surface area contributed by atoms with E-state index < -0.39 is 0 Å². The van der Waals surface area contributed by atoms with Crippen LogP contribution >= 0.6 is 22.7 Å². The summed E-state index contributed by atoms with van der Waals surface area (Å²) in [5.41, 5.74) is 0. The van der Waals surface area contributed by atoms with Gasteiger partial charge in [-0.1, -0.05) is 11.3 Å². The van der Waals surface area contributed by atoms with Crippen LogP contribution < -0.4 is 10.1 Å². The molecule has 2 heterocycles. The zero-order valence-corrected chi connectivity index (χ0v) is 10.1. The maximum Gasteiger partial charge on any atom is 0.205 e. The summed E-state index contributed by atoms with van der Waals surface area (Å²) in [4.78, 5) is 1.17. The maximum absolute atomic E-state index is 5.22. The Kier molecular flexibility index (Phi) is 3.17. The maximum atomic E-state index is 5.22. The molecule has 0 atom stereocenters. The fraction of sp³-hybridized carbons (Fsp3) is 0.333. The molecule has 0 fully saturated rings. The van der Waals surface area contributed by atoms with Gasteiger partial charge in [-0.2, -0.15) is 0 Å². The summed E-state index contributed by atoms with van der Waals surface area (Å²) in [5.74, 6) is 0.925. The van der Waals surface area contributed by atoms with Gasteiger partial charge >= 0.3 is 0 Å². The summed E-state index contributed by atoms with van der Waals surface area (Å²) in [6, 6.07) is 1.97. The number of aryl methyl sites for hydroxylation is 1. The molecular formula is C9H11N3OS2. The molecule has 0 unspecified atom stereocenters. The largest absolute Gasteiger partial charge is 0.496 e. The SMILES string of the molecule is COc1ccsc1CNc1nnc(C)s1.